The average molecular weight is 451 g/mol. The summed E-state index contributed by atoms with van der Waals surface area (Å²) in [5.74, 6) is 0. The van der Waals surface area contributed by atoms with Gasteiger partial charge in [-0.15, -0.1) is 0 Å². The van der Waals surface area contributed by atoms with Gasteiger partial charge in [-0.1, -0.05) is 12.1 Å². The van der Waals surface area contributed by atoms with Gasteiger partial charge >= 0.3 is 0 Å². The lowest BCUT2D eigenvalue weighted by Gasteiger charge is -2.34. The SMILES string of the molecule is Cc1ccc(S(=O)(=O)N2CCN(S(=O)(=O)c3c(C)c(C)cc(C)c3C)CC2)cc1C. The summed E-state index contributed by atoms with van der Waals surface area (Å²) in [6.45, 7) is 11.8. The van der Waals surface area contributed by atoms with Crippen molar-refractivity contribution in [2.45, 2.75) is 51.3 Å². The van der Waals surface area contributed by atoms with Gasteiger partial charge in [0.25, 0.3) is 0 Å². The van der Waals surface area contributed by atoms with Gasteiger partial charge in [0.2, 0.25) is 20.0 Å². The van der Waals surface area contributed by atoms with Gasteiger partial charge in [0.1, 0.15) is 0 Å². The highest BCUT2D eigenvalue weighted by Crippen LogP contribution is 2.30. The Bertz CT molecular complexity index is 1170. The van der Waals surface area contributed by atoms with Crippen LogP contribution >= 0.6 is 0 Å². The number of rotatable bonds is 4. The van der Waals surface area contributed by atoms with Crippen molar-refractivity contribution in [1.29, 1.82) is 0 Å². The van der Waals surface area contributed by atoms with E-state index in [0.717, 1.165) is 33.4 Å². The number of piperazine rings is 1. The second-order valence-corrected chi connectivity index (χ2v) is 12.0. The minimum Gasteiger partial charge on any atom is -0.207 e. The minimum absolute atomic E-state index is 0.136. The van der Waals surface area contributed by atoms with Crippen molar-refractivity contribution < 1.29 is 16.8 Å². The van der Waals surface area contributed by atoms with Gasteiger partial charge in [0.05, 0.1) is 9.79 Å². The van der Waals surface area contributed by atoms with Gasteiger partial charge in [-0.2, -0.15) is 8.61 Å². The van der Waals surface area contributed by atoms with Gasteiger partial charge in [-0.3, -0.25) is 0 Å². The van der Waals surface area contributed by atoms with E-state index in [2.05, 4.69) is 0 Å². The van der Waals surface area contributed by atoms with E-state index in [-0.39, 0.29) is 31.1 Å². The Hall–Kier alpha value is -1.74. The highest BCUT2D eigenvalue weighted by Gasteiger charge is 2.35. The molecule has 1 saturated heterocycles. The Balaban J connectivity index is 1.86. The standard InChI is InChI=1S/C22H30N2O4S2/c1-15-7-8-21(14-16(15)2)29(25,26)23-9-11-24(12-10-23)30(27,28)22-19(5)17(3)13-18(4)20(22)6/h7-8,13-14H,9-12H2,1-6H3. The third kappa shape index (κ3) is 3.93. The second kappa shape index (κ2) is 8.07. The zero-order chi connectivity index (χ0) is 22.4. The fourth-order valence-electron chi connectivity index (χ4n) is 3.87. The first-order valence-electron chi connectivity index (χ1n) is 10.0. The molecule has 0 aromatic heterocycles. The van der Waals surface area contributed by atoms with E-state index in [1.54, 1.807) is 18.2 Å². The van der Waals surface area contributed by atoms with Gasteiger partial charge in [-0.05, 0) is 87.1 Å². The molecule has 164 valence electrons. The molecule has 1 aliphatic rings. The van der Waals surface area contributed by atoms with Crippen LogP contribution in [0, 0.1) is 41.5 Å². The van der Waals surface area contributed by atoms with E-state index in [4.69, 9.17) is 0 Å². The highest BCUT2D eigenvalue weighted by atomic mass is 32.2. The van der Waals surface area contributed by atoms with Gasteiger partial charge < -0.3 is 0 Å². The fourth-order valence-corrected chi connectivity index (χ4v) is 7.38. The molecule has 0 aliphatic carbocycles. The first-order valence-corrected chi connectivity index (χ1v) is 12.9. The zero-order valence-corrected chi connectivity index (χ0v) is 20.1. The predicted molar refractivity (Wildman–Crippen MR) is 119 cm³/mol. The van der Waals surface area contributed by atoms with Crippen LogP contribution in [0.3, 0.4) is 0 Å². The molecule has 0 unspecified atom stereocenters. The minimum atomic E-state index is -3.70. The maximum Gasteiger partial charge on any atom is 0.243 e. The smallest absolute Gasteiger partial charge is 0.207 e. The van der Waals surface area contributed by atoms with Crippen molar-refractivity contribution in [1.82, 2.24) is 8.61 Å². The molecular formula is C22H30N2O4S2. The first kappa shape index (κ1) is 22.9. The van der Waals surface area contributed by atoms with Crippen LogP contribution in [0.25, 0.3) is 0 Å². The maximum atomic E-state index is 13.4. The van der Waals surface area contributed by atoms with Crippen molar-refractivity contribution in [2.75, 3.05) is 26.2 Å². The largest absolute Gasteiger partial charge is 0.243 e. The van der Waals surface area contributed by atoms with Crippen LogP contribution in [-0.4, -0.2) is 51.6 Å². The Labute approximate surface area is 180 Å². The molecule has 2 aromatic rings. The molecule has 8 heteroatoms. The molecule has 0 atom stereocenters. The molecular weight excluding hydrogens is 420 g/mol. The summed E-state index contributed by atoms with van der Waals surface area (Å²) >= 11 is 0. The molecule has 0 bridgehead atoms. The van der Waals surface area contributed by atoms with Crippen molar-refractivity contribution >= 4 is 20.0 Å². The molecule has 0 spiro atoms. The number of benzene rings is 2. The topological polar surface area (TPSA) is 74.8 Å². The second-order valence-electron chi connectivity index (χ2n) is 8.14. The lowest BCUT2D eigenvalue weighted by atomic mass is 10.0. The third-order valence-corrected chi connectivity index (χ3v) is 10.3. The maximum absolute atomic E-state index is 13.4. The van der Waals surface area contributed by atoms with E-state index in [1.165, 1.54) is 8.61 Å². The Morgan fingerprint density at radius 2 is 1.07 bits per heavy atom. The highest BCUT2D eigenvalue weighted by molar-refractivity contribution is 7.89. The number of aryl methyl sites for hydroxylation is 4. The van der Waals surface area contributed by atoms with Crippen LogP contribution < -0.4 is 0 Å². The van der Waals surface area contributed by atoms with E-state index in [9.17, 15) is 16.8 Å². The first-order chi connectivity index (χ1) is 13.9. The van der Waals surface area contributed by atoms with Crippen molar-refractivity contribution in [2.24, 2.45) is 0 Å². The van der Waals surface area contributed by atoms with Crippen LogP contribution in [0.15, 0.2) is 34.1 Å². The molecule has 0 N–H and O–H groups in total. The molecule has 1 fully saturated rings. The van der Waals surface area contributed by atoms with Crippen molar-refractivity contribution in [3.63, 3.8) is 0 Å². The Kier molecular flexibility index (Phi) is 6.17. The summed E-state index contributed by atoms with van der Waals surface area (Å²) in [6.07, 6.45) is 0. The quantitative estimate of drug-likeness (QED) is 0.717. The third-order valence-electron chi connectivity index (χ3n) is 6.21. The molecule has 0 radical (unpaired) electrons. The van der Waals surface area contributed by atoms with Gasteiger partial charge in [0, 0.05) is 26.2 Å². The summed E-state index contributed by atoms with van der Waals surface area (Å²) in [6, 6.07) is 7.09. The fraction of sp³-hybridized carbons (Fsp3) is 0.455. The Morgan fingerprint density at radius 1 is 0.600 bits per heavy atom. The molecule has 1 heterocycles. The van der Waals surface area contributed by atoms with E-state index in [0.29, 0.717) is 4.90 Å². The summed E-state index contributed by atoms with van der Waals surface area (Å²) in [5, 5.41) is 0. The van der Waals surface area contributed by atoms with E-state index in [1.807, 2.05) is 47.6 Å². The molecule has 30 heavy (non-hydrogen) atoms. The normalized spacial score (nSPS) is 16.7. The molecule has 0 saturated carbocycles. The molecule has 1 aliphatic heterocycles. The summed E-state index contributed by atoms with van der Waals surface area (Å²) in [5.41, 5.74) is 5.33. The number of nitrogens with zero attached hydrogens (tertiary/aromatic N) is 2. The number of hydrogen-bond donors (Lipinski definition) is 0. The van der Waals surface area contributed by atoms with Crippen LogP contribution in [0.2, 0.25) is 0 Å². The van der Waals surface area contributed by atoms with Crippen molar-refractivity contribution in [3.05, 3.63) is 57.6 Å². The lowest BCUT2D eigenvalue weighted by Crippen LogP contribution is -2.50. The number of hydrogen-bond acceptors (Lipinski definition) is 4. The van der Waals surface area contributed by atoms with E-state index < -0.39 is 20.0 Å². The lowest BCUT2D eigenvalue weighted by molar-refractivity contribution is 0.272. The zero-order valence-electron chi connectivity index (χ0n) is 18.5. The molecule has 6 nitrogen and oxygen atoms in total. The van der Waals surface area contributed by atoms with Gasteiger partial charge in [-0.25, -0.2) is 16.8 Å². The summed E-state index contributed by atoms with van der Waals surface area (Å²) in [7, 11) is -7.36. The summed E-state index contributed by atoms with van der Waals surface area (Å²) in [4.78, 5) is 0.605. The van der Waals surface area contributed by atoms with Crippen molar-refractivity contribution in [3.8, 4) is 0 Å². The predicted octanol–water partition coefficient (Wildman–Crippen LogP) is 3.23. The summed E-state index contributed by atoms with van der Waals surface area (Å²) < 4.78 is 55.7. The monoisotopic (exact) mass is 450 g/mol. The van der Waals surface area contributed by atoms with Crippen LogP contribution in [0.1, 0.15) is 33.4 Å². The molecule has 2 aromatic carbocycles. The Morgan fingerprint density at radius 3 is 1.53 bits per heavy atom. The molecule has 0 amide bonds. The van der Waals surface area contributed by atoms with Crippen LogP contribution in [0.4, 0.5) is 0 Å². The van der Waals surface area contributed by atoms with Crippen LogP contribution in [0.5, 0.6) is 0 Å². The average Bonchev–Trinajstić information content (AvgIpc) is 2.68. The van der Waals surface area contributed by atoms with Gasteiger partial charge in [0.15, 0.2) is 0 Å². The van der Waals surface area contributed by atoms with E-state index >= 15 is 0 Å². The molecule has 3 rings (SSSR count). The number of sulfonamides is 2. The van der Waals surface area contributed by atoms with Crippen LogP contribution in [-0.2, 0) is 20.0 Å².